The molecule has 0 aromatic heterocycles. The summed E-state index contributed by atoms with van der Waals surface area (Å²) in [5.74, 6) is 0. The summed E-state index contributed by atoms with van der Waals surface area (Å²) < 4.78 is 23.6. The zero-order chi connectivity index (χ0) is 11.4. The van der Waals surface area contributed by atoms with Crippen LogP contribution in [0.1, 0.15) is 20.8 Å². The first-order valence-electron chi connectivity index (χ1n) is 5.97. The minimum Gasteiger partial charge on any atom is -0.351 e. The molecule has 4 heterocycles. The van der Waals surface area contributed by atoms with E-state index in [1.54, 1.807) is 0 Å². The minimum absolute atomic E-state index is 0.109. The van der Waals surface area contributed by atoms with Gasteiger partial charge in [0.05, 0.1) is 17.8 Å². The van der Waals surface area contributed by atoms with Crippen molar-refractivity contribution >= 4 is 9.05 Å². The van der Waals surface area contributed by atoms with Crippen molar-refractivity contribution in [2.24, 2.45) is 0 Å². The molecule has 4 fully saturated rings. The van der Waals surface area contributed by atoms with Crippen molar-refractivity contribution in [3.05, 3.63) is 0 Å². The first kappa shape index (κ1) is 11.1. The summed E-state index contributed by atoms with van der Waals surface area (Å²) in [5.41, 5.74) is -0.235. The fraction of sp³-hybridized carbons (Fsp3) is 1.00. The van der Waals surface area contributed by atoms with E-state index in [1.807, 2.05) is 6.92 Å². The average molecular weight is 245 g/mol. The molecule has 4 bridgehead atoms. The van der Waals surface area contributed by atoms with Crippen molar-refractivity contribution in [2.45, 2.75) is 38.6 Å². The topological polar surface area (TPSA) is 40.2 Å². The molecule has 0 saturated carbocycles. The van der Waals surface area contributed by atoms with Gasteiger partial charge in [0.15, 0.2) is 0 Å². The summed E-state index contributed by atoms with van der Waals surface area (Å²) in [6.07, 6.45) is 0.222. The maximum Gasteiger partial charge on any atom is 0.680 e. The van der Waals surface area contributed by atoms with Crippen LogP contribution in [0.4, 0.5) is 0 Å². The third kappa shape index (κ3) is 1.56. The summed E-state index contributed by atoms with van der Waals surface area (Å²) in [6, 6.07) is 0. The highest BCUT2D eigenvalue weighted by molar-refractivity contribution is 6.54. The third-order valence-corrected chi connectivity index (χ3v) is 6.09. The molecule has 0 radical (unpaired) electrons. The second kappa shape index (κ2) is 3.50. The first-order chi connectivity index (χ1) is 7.55. The number of hydrogen-bond acceptors (Lipinski definition) is 5. The Morgan fingerprint density at radius 3 is 2.94 bits per heavy atom. The van der Waals surface area contributed by atoms with Crippen molar-refractivity contribution in [3.63, 3.8) is 0 Å². The molecule has 0 aliphatic carbocycles. The van der Waals surface area contributed by atoms with Gasteiger partial charge < -0.3 is 17.7 Å². The van der Waals surface area contributed by atoms with Gasteiger partial charge >= 0.3 is 9.05 Å². The Hall–Kier alpha value is 0.0169. The van der Waals surface area contributed by atoms with Gasteiger partial charge in [-0.25, -0.2) is 0 Å². The Bertz CT molecular complexity index is 305. The molecule has 0 aromatic rings. The first-order valence-corrected chi connectivity index (χ1v) is 7.61. The fourth-order valence-electron chi connectivity index (χ4n) is 2.89. The summed E-state index contributed by atoms with van der Waals surface area (Å²) in [5, 5.41) is 0. The van der Waals surface area contributed by atoms with Gasteiger partial charge in [0.1, 0.15) is 0 Å². The van der Waals surface area contributed by atoms with Gasteiger partial charge in [-0.1, -0.05) is 0 Å². The van der Waals surface area contributed by atoms with Crippen molar-refractivity contribution in [3.8, 4) is 0 Å². The molecule has 0 aromatic carbocycles. The lowest BCUT2D eigenvalue weighted by atomic mass is 10.0. The number of rotatable bonds is 2. The Labute approximate surface area is 97.1 Å². The molecule has 4 saturated heterocycles. The van der Waals surface area contributed by atoms with Crippen LogP contribution in [-0.2, 0) is 17.7 Å². The van der Waals surface area contributed by atoms with Crippen LogP contribution in [0.5, 0.6) is 0 Å². The zero-order valence-corrected chi connectivity index (χ0v) is 11.1. The molecule has 5 unspecified atom stereocenters. The Morgan fingerprint density at radius 1 is 1.44 bits per heavy atom. The number of fused-ring (bicyclic) bond motifs is 2. The van der Waals surface area contributed by atoms with E-state index in [2.05, 4.69) is 18.7 Å². The molecule has 92 valence electrons. The predicted molar refractivity (Wildman–Crippen MR) is 58.7 cm³/mol. The van der Waals surface area contributed by atoms with Crippen LogP contribution in [0.15, 0.2) is 0 Å². The highest BCUT2D eigenvalue weighted by Crippen LogP contribution is 2.42. The molecular formula is C10H19NO4Si. The lowest BCUT2D eigenvalue weighted by Gasteiger charge is -2.34. The second-order valence-corrected chi connectivity index (χ2v) is 7.04. The Balaban J connectivity index is 1.90. The van der Waals surface area contributed by atoms with E-state index >= 15 is 0 Å². The summed E-state index contributed by atoms with van der Waals surface area (Å²) in [6.45, 7) is 9.48. The van der Waals surface area contributed by atoms with E-state index in [0.29, 0.717) is 6.61 Å². The monoisotopic (exact) mass is 245 g/mol. The van der Waals surface area contributed by atoms with Gasteiger partial charge in [-0.2, -0.15) is 0 Å². The summed E-state index contributed by atoms with van der Waals surface area (Å²) in [7, 11) is -2.85. The lowest BCUT2D eigenvalue weighted by molar-refractivity contribution is -0.0559. The van der Waals surface area contributed by atoms with E-state index < -0.39 is 9.05 Å². The highest BCUT2D eigenvalue weighted by Gasteiger charge is 2.67. The Morgan fingerprint density at radius 2 is 2.25 bits per heavy atom. The molecule has 0 spiro atoms. The average Bonchev–Trinajstić information content (AvgIpc) is 2.51. The third-order valence-electron chi connectivity index (χ3n) is 3.47. The molecule has 5 nitrogen and oxygen atoms in total. The molecule has 6 heteroatoms. The SMILES string of the molecule is CCO[Si]12OC(C)CN3CC(O1)C(C)(C3)O2. The van der Waals surface area contributed by atoms with Crippen LogP contribution in [0, 0.1) is 0 Å². The molecule has 4 aliphatic heterocycles. The lowest BCUT2D eigenvalue weighted by Crippen LogP contribution is -2.54. The van der Waals surface area contributed by atoms with E-state index in [9.17, 15) is 0 Å². The van der Waals surface area contributed by atoms with E-state index in [1.165, 1.54) is 0 Å². The van der Waals surface area contributed by atoms with Crippen LogP contribution < -0.4 is 0 Å². The zero-order valence-electron chi connectivity index (χ0n) is 10.1. The molecule has 4 rings (SSSR count). The Kier molecular flexibility index (Phi) is 2.44. The van der Waals surface area contributed by atoms with Crippen LogP contribution in [-0.4, -0.2) is 58.0 Å². The standard InChI is InChI=1S/C10H19NO4Si/c1-4-12-16-13-8(2)5-11-6-9(14-16)10(3,7-11)15-16/h8-9H,4-7H2,1-3H3. The maximum absolute atomic E-state index is 6.07. The molecule has 4 aliphatic rings. The highest BCUT2D eigenvalue weighted by atomic mass is 28.4. The molecule has 0 N–H and O–H groups in total. The van der Waals surface area contributed by atoms with Crippen LogP contribution in [0.25, 0.3) is 0 Å². The van der Waals surface area contributed by atoms with E-state index in [-0.39, 0.29) is 17.8 Å². The largest absolute Gasteiger partial charge is 0.680 e. The maximum atomic E-state index is 6.07. The summed E-state index contributed by atoms with van der Waals surface area (Å²) in [4.78, 5) is 2.35. The van der Waals surface area contributed by atoms with Gasteiger partial charge in [0.2, 0.25) is 0 Å². The van der Waals surface area contributed by atoms with Gasteiger partial charge in [0.25, 0.3) is 0 Å². The van der Waals surface area contributed by atoms with E-state index in [4.69, 9.17) is 17.7 Å². The van der Waals surface area contributed by atoms with Crippen LogP contribution in [0.3, 0.4) is 0 Å². The van der Waals surface area contributed by atoms with Gasteiger partial charge in [-0.05, 0) is 20.8 Å². The van der Waals surface area contributed by atoms with E-state index in [0.717, 1.165) is 19.6 Å². The van der Waals surface area contributed by atoms with Crippen LogP contribution in [0.2, 0.25) is 0 Å². The fourth-order valence-corrected chi connectivity index (χ4v) is 5.60. The number of nitrogens with zero attached hydrogens (tertiary/aromatic N) is 1. The smallest absolute Gasteiger partial charge is 0.351 e. The summed E-state index contributed by atoms with van der Waals surface area (Å²) >= 11 is 0. The van der Waals surface area contributed by atoms with Gasteiger partial charge in [-0.3, -0.25) is 4.90 Å². The van der Waals surface area contributed by atoms with Crippen molar-refractivity contribution in [1.29, 1.82) is 0 Å². The van der Waals surface area contributed by atoms with Crippen LogP contribution >= 0.6 is 0 Å². The van der Waals surface area contributed by atoms with Crippen molar-refractivity contribution in [1.82, 2.24) is 4.90 Å². The van der Waals surface area contributed by atoms with Crippen molar-refractivity contribution in [2.75, 3.05) is 26.2 Å². The number of hydrogen-bond donors (Lipinski definition) is 0. The minimum atomic E-state index is -2.85. The normalized spacial score (nSPS) is 55.3. The van der Waals surface area contributed by atoms with Gasteiger partial charge in [-0.15, -0.1) is 0 Å². The molecular weight excluding hydrogens is 226 g/mol. The second-order valence-electron chi connectivity index (χ2n) is 5.08. The molecule has 5 atom stereocenters. The predicted octanol–water partition coefficient (Wildman–Crippen LogP) is 0.367. The quantitative estimate of drug-likeness (QED) is 0.657. The molecule has 0 amide bonds. The van der Waals surface area contributed by atoms with Crippen molar-refractivity contribution < 1.29 is 17.7 Å². The van der Waals surface area contributed by atoms with Gasteiger partial charge in [0, 0.05) is 26.2 Å². The molecule has 16 heavy (non-hydrogen) atoms.